The van der Waals surface area contributed by atoms with Gasteiger partial charge in [-0.2, -0.15) is 0 Å². The fourth-order valence-electron chi connectivity index (χ4n) is 3.20. The van der Waals surface area contributed by atoms with Crippen LogP contribution in [-0.4, -0.2) is 36.0 Å². The van der Waals surface area contributed by atoms with Gasteiger partial charge in [-0.25, -0.2) is 4.79 Å². The van der Waals surface area contributed by atoms with Crippen molar-refractivity contribution < 1.29 is 28.9 Å². The van der Waals surface area contributed by atoms with Gasteiger partial charge in [-0.1, -0.05) is 41.5 Å². The molecular formula is C21H36O6. The van der Waals surface area contributed by atoms with Crippen LogP contribution >= 0.6 is 0 Å². The number of hydrogen-bond acceptors (Lipinski definition) is 6. The van der Waals surface area contributed by atoms with Crippen LogP contribution in [-0.2, 0) is 23.8 Å². The monoisotopic (exact) mass is 384 g/mol. The van der Waals surface area contributed by atoms with E-state index in [1.54, 1.807) is 6.08 Å². The van der Waals surface area contributed by atoms with Crippen LogP contribution in [0.3, 0.4) is 0 Å². The Morgan fingerprint density at radius 2 is 1.67 bits per heavy atom. The van der Waals surface area contributed by atoms with Gasteiger partial charge in [0.1, 0.15) is 6.61 Å². The molecule has 27 heavy (non-hydrogen) atoms. The Bertz CT molecular complexity index is 513. The molecule has 1 N–H and O–H groups in total. The van der Waals surface area contributed by atoms with Crippen molar-refractivity contribution in [2.45, 2.75) is 73.0 Å². The van der Waals surface area contributed by atoms with Gasteiger partial charge in [0.05, 0.1) is 0 Å². The van der Waals surface area contributed by atoms with E-state index in [4.69, 9.17) is 14.2 Å². The van der Waals surface area contributed by atoms with Crippen LogP contribution < -0.4 is 0 Å². The molecule has 1 saturated heterocycles. The summed E-state index contributed by atoms with van der Waals surface area (Å²) in [6.07, 6.45) is 4.51. The second-order valence-corrected chi connectivity index (χ2v) is 8.75. The Morgan fingerprint density at radius 1 is 1.07 bits per heavy atom. The second kappa shape index (κ2) is 10.7. The van der Waals surface area contributed by atoms with Crippen molar-refractivity contribution in [1.82, 2.24) is 0 Å². The summed E-state index contributed by atoms with van der Waals surface area (Å²) in [5.74, 6) is -0.985. The van der Waals surface area contributed by atoms with Crippen LogP contribution in [0.1, 0.15) is 67.2 Å². The Kier molecular flexibility index (Phi) is 9.30. The highest BCUT2D eigenvalue weighted by Crippen LogP contribution is 2.29. The molecule has 1 rings (SSSR count). The molecule has 0 spiro atoms. The van der Waals surface area contributed by atoms with E-state index in [1.807, 2.05) is 13.8 Å². The van der Waals surface area contributed by atoms with Gasteiger partial charge in [0, 0.05) is 6.42 Å². The number of rotatable bonds is 11. The van der Waals surface area contributed by atoms with Crippen LogP contribution in [0, 0.1) is 23.7 Å². The van der Waals surface area contributed by atoms with Crippen molar-refractivity contribution in [2.75, 3.05) is 13.2 Å². The van der Waals surface area contributed by atoms with Gasteiger partial charge in [-0.05, 0) is 49.0 Å². The molecule has 0 aliphatic carbocycles. The predicted molar refractivity (Wildman–Crippen MR) is 103 cm³/mol. The number of ether oxygens (including phenoxy) is 3. The summed E-state index contributed by atoms with van der Waals surface area (Å²) in [6.45, 7) is 11.7. The SMILES string of the molecule is CC(C)CC=C1OC(CO)(COC(=O)CC(CC(C)C)CC(C)C)OC1=O. The van der Waals surface area contributed by atoms with E-state index in [0.717, 1.165) is 12.8 Å². The van der Waals surface area contributed by atoms with Crippen molar-refractivity contribution in [3.05, 3.63) is 11.8 Å². The molecule has 0 radical (unpaired) electrons. The first-order valence-corrected chi connectivity index (χ1v) is 9.95. The van der Waals surface area contributed by atoms with Crippen molar-refractivity contribution in [3.63, 3.8) is 0 Å². The number of carbonyl (C=O) groups is 2. The topological polar surface area (TPSA) is 82.1 Å². The zero-order chi connectivity index (χ0) is 20.6. The van der Waals surface area contributed by atoms with Crippen LogP contribution in [0.5, 0.6) is 0 Å². The first-order valence-electron chi connectivity index (χ1n) is 9.95. The molecule has 6 heteroatoms. The number of carbonyl (C=O) groups excluding carboxylic acids is 2. The summed E-state index contributed by atoms with van der Waals surface area (Å²) in [4.78, 5) is 24.3. The third-order valence-electron chi connectivity index (χ3n) is 4.31. The number of hydrogen-bond donors (Lipinski definition) is 1. The smallest absolute Gasteiger partial charge is 0.376 e. The summed E-state index contributed by atoms with van der Waals surface area (Å²) < 4.78 is 16.0. The average Bonchev–Trinajstić information content (AvgIpc) is 2.86. The highest BCUT2D eigenvalue weighted by molar-refractivity contribution is 5.88. The number of aliphatic hydroxyl groups excluding tert-OH is 1. The van der Waals surface area contributed by atoms with E-state index < -0.39 is 18.4 Å². The largest absolute Gasteiger partial charge is 0.457 e. The normalized spacial score (nSPS) is 21.4. The minimum absolute atomic E-state index is 0.0614. The quantitative estimate of drug-likeness (QED) is 0.431. The van der Waals surface area contributed by atoms with E-state index in [9.17, 15) is 14.7 Å². The van der Waals surface area contributed by atoms with Crippen molar-refractivity contribution in [1.29, 1.82) is 0 Å². The molecule has 0 aromatic carbocycles. The van der Waals surface area contributed by atoms with Gasteiger partial charge in [0.2, 0.25) is 5.76 Å². The molecule has 0 saturated carbocycles. The Hall–Kier alpha value is -1.56. The average molecular weight is 385 g/mol. The molecule has 1 fully saturated rings. The lowest BCUT2D eigenvalue weighted by atomic mass is 9.87. The van der Waals surface area contributed by atoms with E-state index in [1.165, 1.54) is 0 Å². The molecule has 1 aliphatic rings. The van der Waals surface area contributed by atoms with Crippen LogP contribution in [0.15, 0.2) is 11.8 Å². The highest BCUT2D eigenvalue weighted by atomic mass is 16.8. The van der Waals surface area contributed by atoms with Crippen molar-refractivity contribution in [3.8, 4) is 0 Å². The first kappa shape index (κ1) is 23.5. The van der Waals surface area contributed by atoms with Crippen molar-refractivity contribution in [2.24, 2.45) is 23.7 Å². The standard InChI is InChI=1S/C21H36O6/c1-14(2)7-8-18-20(24)27-21(12-22,26-18)13-25-19(23)11-17(9-15(3)4)10-16(5)6/h8,14-17,22H,7,9-13H2,1-6H3. The highest BCUT2D eigenvalue weighted by Gasteiger charge is 2.47. The summed E-state index contributed by atoms with van der Waals surface area (Å²) in [5, 5.41) is 9.64. The van der Waals surface area contributed by atoms with E-state index in [2.05, 4.69) is 27.7 Å². The maximum atomic E-state index is 12.3. The lowest BCUT2D eigenvalue weighted by Gasteiger charge is -2.24. The zero-order valence-electron chi connectivity index (χ0n) is 17.6. The maximum absolute atomic E-state index is 12.3. The molecule has 156 valence electrons. The number of cyclic esters (lactones) is 1. The molecule has 0 bridgehead atoms. The Labute approximate surface area is 163 Å². The third kappa shape index (κ3) is 8.33. The summed E-state index contributed by atoms with van der Waals surface area (Å²) in [7, 11) is 0. The maximum Gasteiger partial charge on any atom is 0.376 e. The van der Waals surface area contributed by atoms with Gasteiger partial charge >= 0.3 is 17.7 Å². The van der Waals surface area contributed by atoms with Gasteiger partial charge in [-0.15, -0.1) is 0 Å². The molecule has 6 nitrogen and oxygen atoms in total. The van der Waals surface area contributed by atoms with Gasteiger partial charge < -0.3 is 19.3 Å². The molecule has 1 heterocycles. The lowest BCUT2D eigenvalue weighted by Crippen LogP contribution is -2.41. The predicted octanol–water partition coefficient (Wildman–Crippen LogP) is 3.82. The minimum Gasteiger partial charge on any atom is -0.457 e. The number of allylic oxidation sites excluding steroid dienone is 1. The number of esters is 2. The second-order valence-electron chi connectivity index (χ2n) is 8.75. The molecule has 0 aromatic heterocycles. The lowest BCUT2D eigenvalue weighted by molar-refractivity contribution is -0.211. The first-order chi connectivity index (χ1) is 12.6. The van der Waals surface area contributed by atoms with E-state index in [-0.39, 0.29) is 24.3 Å². The van der Waals surface area contributed by atoms with E-state index in [0.29, 0.717) is 30.6 Å². The Morgan fingerprint density at radius 3 is 2.15 bits per heavy atom. The minimum atomic E-state index is -1.64. The fourth-order valence-corrected chi connectivity index (χ4v) is 3.20. The summed E-state index contributed by atoms with van der Waals surface area (Å²) >= 11 is 0. The molecule has 1 aliphatic heterocycles. The molecule has 0 aromatic rings. The third-order valence-corrected chi connectivity index (χ3v) is 4.31. The summed E-state index contributed by atoms with van der Waals surface area (Å²) in [6, 6.07) is 0. The molecule has 1 unspecified atom stereocenters. The molecule has 0 amide bonds. The number of aliphatic hydroxyl groups is 1. The van der Waals surface area contributed by atoms with E-state index >= 15 is 0 Å². The Balaban J connectivity index is 2.64. The molecule has 1 atom stereocenters. The van der Waals surface area contributed by atoms with Gasteiger partial charge in [0.25, 0.3) is 0 Å². The fraction of sp³-hybridized carbons (Fsp3) is 0.810. The van der Waals surface area contributed by atoms with Gasteiger partial charge in [-0.3, -0.25) is 4.79 Å². The zero-order valence-corrected chi connectivity index (χ0v) is 17.6. The van der Waals surface area contributed by atoms with Crippen molar-refractivity contribution >= 4 is 11.9 Å². The summed E-state index contributed by atoms with van der Waals surface area (Å²) in [5.41, 5.74) is 0. The van der Waals surface area contributed by atoms with Gasteiger partial charge in [0.15, 0.2) is 6.61 Å². The van der Waals surface area contributed by atoms with Crippen LogP contribution in [0.25, 0.3) is 0 Å². The van der Waals surface area contributed by atoms with Crippen LogP contribution in [0.2, 0.25) is 0 Å². The molecular weight excluding hydrogens is 348 g/mol. The van der Waals surface area contributed by atoms with Crippen LogP contribution in [0.4, 0.5) is 0 Å².